The maximum atomic E-state index is 12.7. The standard InChI is InChI=1S/C23H26ClN5O/c24-18-5-3-15(4-6-18)21-14-22(28-27-21)29-11-8-19(9-12-29)26-23(30)17-2-1-16-7-10-25-20(16)13-17/h1-7,10,13,19,21-22,25,27-28H,8-9,11-12,14H2,(H,26,30). The molecular formula is C23H26ClN5O. The second kappa shape index (κ2) is 8.40. The number of rotatable bonds is 4. The van der Waals surface area contributed by atoms with Crippen LogP contribution in [0.15, 0.2) is 54.7 Å². The van der Waals surface area contributed by atoms with Crippen molar-refractivity contribution in [1.82, 2.24) is 26.1 Å². The Morgan fingerprint density at radius 3 is 2.63 bits per heavy atom. The molecular weight excluding hydrogens is 398 g/mol. The van der Waals surface area contributed by atoms with Crippen LogP contribution in [0, 0.1) is 0 Å². The molecule has 0 radical (unpaired) electrons. The minimum atomic E-state index is 0.00779. The molecule has 3 heterocycles. The van der Waals surface area contributed by atoms with E-state index in [4.69, 9.17) is 11.6 Å². The second-order valence-electron chi connectivity index (χ2n) is 8.21. The first-order chi connectivity index (χ1) is 14.7. The molecule has 2 aromatic carbocycles. The van der Waals surface area contributed by atoms with Crippen LogP contribution < -0.4 is 16.2 Å². The van der Waals surface area contributed by atoms with Crippen LogP contribution in [-0.2, 0) is 0 Å². The summed E-state index contributed by atoms with van der Waals surface area (Å²) in [5.41, 5.74) is 9.79. The number of H-pyrrole nitrogens is 1. The van der Waals surface area contributed by atoms with E-state index in [9.17, 15) is 4.79 Å². The third-order valence-corrected chi connectivity index (χ3v) is 6.53. The van der Waals surface area contributed by atoms with E-state index in [1.165, 1.54) is 5.56 Å². The van der Waals surface area contributed by atoms with E-state index in [1.807, 2.05) is 42.6 Å². The van der Waals surface area contributed by atoms with Crippen LogP contribution in [0.3, 0.4) is 0 Å². The van der Waals surface area contributed by atoms with Crippen molar-refractivity contribution >= 4 is 28.4 Å². The fourth-order valence-electron chi connectivity index (χ4n) is 4.51. The number of aromatic nitrogens is 1. The Hall–Kier alpha value is -2.38. The Labute approximate surface area is 180 Å². The molecule has 2 aliphatic rings. The Morgan fingerprint density at radius 2 is 1.83 bits per heavy atom. The molecule has 0 aliphatic carbocycles. The number of piperidine rings is 1. The number of likely N-dealkylation sites (tertiary alicyclic amines) is 1. The molecule has 5 rings (SSSR count). The van der Waals surface area contributed by atoms with Crippen molar-refractivity contribution < 1.29 is 4.79 Å². The van der Waals surface area contributed by atoms with Gasteiger partial charge in [0.1, 0.15) is 0 Å². The first kappa shape index (κ1) is 19.6. The van der Waals surface area contributed by atoms with Gasteiger partial charge in [-0.3, -0.25) is 9.69 Å². The molecule has 1 aromatic heterocycles. The summed E-state index contributed by atoms with van der Waals surface area (Å²) < 4.78 is 0. The minimum Gasteiger partial charge on any atom is -0.361 e. The van der Waals surface area contributed by atoms with Crippen LogP contribution in [0.1, 0.15) is 41.2 Å². The zero-order valence-corrected chi connectivity index (χ0v) is 17.5. The normalized spacial score (nSPS) is 23.1. The van der Waals surface area contributed by atoms with E-state index in [2.05, 4.69) is 38.2 Å². The Kier molecular flexibility index (Phi) is 5.48. The molecule has 3 aromatic rings. The van der Waals surface area contributed by atoms with Crippen LogP contribution in [-0.4, -0.2) is 41.1 Å². The summed E-state index contributed by atoms with van der Waals surface area (Å²) in [6.07, 6.45) is 5.12. The first-order valence-electron chi connectivity index (χ1n) is 10.5. The quantitative estimate of drug-likeness (QED) is 0.517. The van der Waals surface area contributed by atoms with E-state index >= 15 is 0 Å². The van der Waals surface area contributed by atoms with Gasteiger partial charge in [-0.2, -0.15) is 0 Å². The molecule has 1 amide bonds. The molecule has 30 heavy (non-hydrogen) atoms. The zero-order chi connectivity index (χ0) is 20.5. The largest absolute Gasteiger partial charge is 0.361 e. The molecule has 2 atom stereocenters. The van der Waals surface area contributed by atoms with E-state index in [1.54, 1.807) is 0 Å². The third-order valence-electron chi connectivity index (χ3n) is 6.28. The van der Waals surface area contributed by atoms with Crippen LogP contribution in [0.2, 0.25) is 5.02 Å². The number of aromatic amines is 1. The molecule has 6 nitrogen and oxygen atoms in total. The van der Waals surface area contributed by atoms with Crippen molar-refractivity contribution in [3.63, 3.8) is 0 Å². The minimum absolute atomic E-state index is 0.00779. The number of carbonyl (C=O) groups excluding carboxylic acids is 1. The molecule has 0 saturated carbocycles. The molecule has 0 bridgehead atoms. The molecule has 2 aliphatic heterocycles. The van der Waals surface area contributed by atoms with Crippen molar-refractivity contribution in [3.05, 3.63) is 70.9 Å². The number of halogens is 1. The number of nitrogens with zero attached hydrogens (tertiary/aromatic N) is 1. The van der Waals surface area contributed by atoms with Crippen LogP contribution >= 0.6 is 11.6 Å². The lowest BCUT2D eigenvalue weighted by atomic mass is 10.0. The maximum absolute atomic E-state index is 12.7. The summed E-state index contributed by atoms with van der Waals surface area (Å²) in [5, 5.41) is 5.10. The van der Waals surface area contributed by atoms with E-state index in [0.717, 1.165) is 48.3 Å². The van der Waals surface area contributed by atoms with Gasteiger partial charge in [-0.15, -0.1) is 0 Å². The average molecular weight is 424 g/mol. The highest BCUT2D eigenvalue weighted by Crippen LogP contribution is 2.26. The number of nitrogens with one attached hydrogen (secondary N) is 4. The summed E-state index contributed by atoms with van der Waals surface area (Å²) in [6, 6.07) is 16.3. The topological polar surface area (TPSA) is 72.2 Å². The van der Waals surface area contributed by atoms with E-state index in [0.29, 0.717) is 11.7 Å². The lowest BCUT2D eigenvalue weighted by Crippen LogP contribution is -2.51. The molecule has 2 fully saturated rings. The number of amides is 1. The zero-order valence-electron chi connectivity index (χ0n) is 16.7. The van der Waals surface area contributed by atoms with Crippen LogP contribution in [0.4, 0.5) is 0 Å². The molecule has 0 spiro atoms. The van der Waals surface area contributed by atoms with Crippen molar-refractivity contribution in [1.29, 1.82) is 0 Å². The smallest absolute Gasteiger partial charge is 0.251 e. The predicted molar refractivity (Wildman–Crippen MR) is 119 cm³/mol. The summed E-state index contributed by atoms with van der Waals surface area (Å²) in [4.78, 5) is 18.3. The van der Waals surface area contributed by atoms with Gasteiger partial charge >= 0.3 is 0 Å². The Bertz CT molecular complexity index is 1030. The van der Waals surface area contributed by atoms with Crippen LogP contribution in [0.25, 0.3) is 10.9 Å². The van der Waals surface area contributed by atoms with Gasteiger partial charge in [-0.25, -0.2) is 10.9 Å². The molecule has 4 N–H and O–H groups in total. The highest BCUT2D eigenvalue weighted by molar-refractivity contribution is 6.30. The van der Waals surface area contributed by atoms with Crippen molar-refractivity contribution in [2.24, 2.45) is 0 Å². The first-order valence-corrected chi connectivity index (χ1v) is 10.9. The SMILES string of the molecule is O=C(NC1CCN(C2CC(c3ccc(Cl)cc3)NN2)CC1)c1ccc2cc[nH]c2c1. The lowest BCUT2D eigenvalue weighted by Gasteiger charge is -2.35. The monoisotopic (exact) mass is 423 g/mol. The number of hydrazine groups is 1. The third kappa shape index (κ3) is 4.09. The fraction of sp³-hybridized carbons (Fsp3) is 0.348. The van der Waals surface area contributed by atoms with Crippen molar-refractivity contribution in [2.45, 2.75) is 37.5 Å². The van der Waals surface area contributed by atoms with Gasteiger partial charge in [0.15, 0.2) is 0 Å². The van der Waals surface area contributed by atoms with Gasteiger partial charge in [-0.05, 0) is 60.5 Å². The van der Waals surface area contributed by atoms with Gasteiger partial charge in [0.2, 0.25) is 0 Å². The van der Waals surface area contributed by atoms with Gasteiger partial charge in [0.25, 0.3) is 5.91 Å². The highest BCUT2D eigenvalue weighted by Gasteiger charge is 2.32. The molecule has 156 valence electrons. The lowest BCUT2D eigenvalue weighted by molar-refractivity contribution is 0.0880. The number of hydrogen-bond donors (Lipinski definition) is 4. The highest BCUT2D eigenvalue weighted by atomic mass is 35.5. The number of hydrogen-bond acceptors (Lipinski definition) is 4. The van der Waals surface area contributed by atoms with Crippen LogP contribution in [0.5, 0.6) is 0 Å². The van der Waals surface area contributed by atoms with Gasteiger partial charge in [0.05, 0.1) is 6.17 Å². The summed E-state index contributed by atoms with van der Waals surface area (Å²) >= 11 is 6.00. The van der Waals surface area contributed by atoms with Gasteiger partial charge < -0.3 is 10.3 Å². The fourth-order valence-corrected chi connectivity index (χ4v) is 4.63. The van der Waals surface area contributed by atoms with E-state index in [-0.39, 0.29) is 18.0 Å². The Morgan fingerprint density at radius 1 is 1.03 bits per heavy atom. The maximum Gasteiger partial charge on any atom is 0.251 e. The number of carbonyl (C=O) groups is 1. The molecule has 2 saturated heterocycles. The summed E-state index contributed by atoms with van der Waals surface area (Å²) in [6.45, 7) is 1.93. The van der Waals surface area contributed by atoms with Crippen molar-refractivity contribution in [2.75, 3.05) is 13.1 Å². The predicted octanol–water partition coefficient (Wildman–Crippen LogP) is 3.58. The van der Waals surface area contributed by atoms with E-state index < -0.39 is 0 Å². The molecule has 7 heteroatoms. The Balaban J connectivity index is 1.13. The summed E-state index contributed by atoms with van der Waals surface area (Å²) in [5.74, 6) is 0.00779. The average Bonchev–Trinajstić information content (AvgIpc) is 3.44. The van der Waals surface area contributed by atoms with Gasteiger partial charge in [0, 0.05) is 47.5 Å². The van der Waals surface area contributed by atoms with Gasteiger partial charge in [-0.1, -0.05) is 29.8 Å². The number of benzene rings is 2. The molecule has 2 unspecified atom stereocenters. The number of fused-ring (bicyclic) bond motifs is 1. The summed E-state index contributed by atoms with van der Waals surface area (Å²) in [7, 11) is 0. The van der Waals surface area contributed by atoms with Crippen molar-refractivity contribution in [3.8, 4) is 0 Å². The second-order valence-corrected chi connectivity index (χ2v) is 8.64.